The molecule has 1 aromatic carbocycles. The molecular weight excluding hydrogens is 386 g/mol. The van der Waals surface area contributed by atoms with E-state index in [4.69, 9.17) is 9.47 Å². The normalized spacial score (nSPS) is 15.2. The Morgan fingerprint density at radius 3 is 2.63 bits per heavy atom. The minimum absolute atomic E-state index is 0.0137. The second-order valence-corrected chi connectivity index (χ2v) is 7.13. The van der Waals surface area contributed by atoms with Gasteiger partial charge in [0.05, 0.1) is 19.6 Å². The fraction of sp³-hybridized carbons (Fsp3) is 0.381. The Kier molecular flexibility index (Phi) is 5.71. The summed E-state index contributed by atoms with van der Waals surface area (Å²) in [6, 6.07) is 9.07. The smallest absolute Gasteiger partial charge is 0.311 e. The molecule has 1 aliphatic heterocycles. The van der Waals surface area contributed by atoms with Crippen LogP contribution in [0.4, 0.5) is 0 Å². The molecule has 0 N–H and O–H groups in total. The highest BCUT2D eigenvalue weighted by atomic mass is 16.5. The van der Waals surface area contributed by atoms with E-state index in [1.165, 1.54) is 6.33 Å². The predicted molar refractivity (Wildman–Crippen MR) is 107 cm³/mol. The van der Waals surface area contributed by atoms with Gasteiger partial charge in [0.25, 0.3) is 11.7 Å². The van der Waals surface area contributed by atoms with Crippen molar-refractivity contribution in [3.8, 4) is 0 Å². The van der Waals surface area contributed by atoms with Crippen LogP contribution in [0, 0.1) is 13.8 Å². The van der Waals surface area contributed by atoms with Crippen LogP contribution in [-0.2, 0) is 25.5 Å². The minimum Gasteiger partial charge on any atom is -0.447 e. The molecule has 0 aliphatic carbocycles. The molecule has 2 aromatic heterocycles. The first-order valence-electron chi connectivity index (χ1n) is 9.81. The standard InChI is InChI=1S/C21H23N5O4/c1-14-17(15(2)26-21(24-14)22-13-23-26)12-18(27)30-19(16-6-4-3-5-7-16)20(28)25-8-10-29-11-9-25/h3-7,13,19H,8-12H2,1-2H3/t19-/m1/s1. The average Bonchev–Trinajstić information content (AvgIpc) is 3.24. The van der Waals surface area contributed by atoms with E-state index < -0.39 is 12.1 Å². The summed E-state index contributed by atoms with van der Waals surface area (Å²) in [5, 5.41) is 4.14. The van der Waals surface area contributed by atoms with Crippen LogP contribution < -0.4 is 0 Å². The number of amides is 1. The maximum atomic E-state index is 13.1. The number of hydrogen-bond acceptors (Lipinski definition) is 7. The van der Waals surface area contributed by atoms with Crippen LogP contribution in [-0.4, -0.2) is 62.7 Å². The molecule has 0 unspecified atom stereocenters. The molecule has 3 aromatic rings. The van der Waals surface area contributed by atoms with Crippen LogP contribution in [0.15, 0.2) is 36.7 Å². The van der Waals surface area contributed by atoms with Crippen molar-refractivity contribution < 1.29 is 19.1 Å². The van der Waals surface area contributed by atoms with Crippen LogP contribution in [0.2, 0.25) is 0 Å². The molecule has 30 heavy (non-hydrogen) atoms. The maximum absolute atomic E-state index is 13.1. The lowest BCUT2D eigenvalue weighted by Gasteiger charge is -2.30. The highest BCUT2D eigenvalue weighted by molar-refractivity contribution is 5.85. The molecule has 4 rings (SSSR count). The molecule has 156 valence electrons. The van der Waals surface area contributed by atoms with Crippen molar-refractivity contribution in [3.05, 3.63) is 59.2 Å². The molecule has 0 radical (unpaired) electrons. The predicted octanol–water partition coefficient (Wildman–Crippen LogP) is 1.43. The van der Waals surface area contributed by atoms with Gasteiger partial charge in [-0.05, 0) is 13.8 Å². The van der Waals surface area contributed by atoms with Crippen LogP contribution >= 0.6 is 0 Å². The van der Waals surface area contributed by atoms with Gasteiger partial charge in [-0.3, -0.25) is 9.59 Å². The Morgan fingerprint density at radius 1 is 1.17 bits per heavy atom. The monoisotopic (exact) mass is 409 g/mol. The number of morpholine rings is 1. The Balaban J connectivity index is 1.57. The number of benzene rings is 1. The Labute approximate surface area is 173 Å². The molecule has 0 bridgehead atoms. The van der Waals surface area contributed by atoms with Crippen LogP contribution in [0.5, 0.6) is 0 Å². The lowest BCUT2D eigenvalue weighted by molar-refractivity contribution is -0.162. The highest BCUT2D eigenvalue weighted by Gasteiger charge is 2.31. The van der Waals surface area contributed by atoms with Gasteiger partial charge in [0.1, 0.15) is 6.33 Å². The number of hydrogen-bond donors (Lipinski definition) is 0. The number of esters is 1. The molecule has 0 saturated carbocycles. The number of aromatic nitrogens is 4. The minimum atomic E-state index is -1.000. The zero-order valence-corrected chi connectivity index (χ0v) is 16.9. The zero-order valence-electron chi connectivity index (χ0n) is 16.9. The van der Waals surface area contributed by atoms with Gasteiger partial charge in [0.15, 0.2) is 0 Å². The Morgan fingerprint density at radius 2 is 1.90 bits per heavy atom. The van der Waals surface area contributed by atoms with Gasteiger partial charge >= 0.3 is 5.97 Å². The molecule has 1 atom stereocenters. The second kappa shape index (κ2) is 8.58. The molecule has 9 heteroatoms. The fourth-order valence-electron chi connectivity index (χ4n) is 3.57. The van der Waals surface area contributed by atoms with Crippen molar-refractivity contribution in [1.29, 1.82) is 0 Å². The van der Waals surface area contributed by atoms with Gasteiger partial charge in [0, 0.05) is 35.6 Å². The van der Waals surface area contributed by atoms with Gasteiger partial charge < -0.3 is 14.4 Å². The van der Waals surface area contributed by atoms with Crippen molar-refractivity contribution in [1.82, 2.24) is 24.5 Å². The summed E-state index contributed by atoms with van der Waals surface area (Å²) in [4.78, 5) is 36.1. The molecule has 1 saturated heterocycles. The number of carbonyl (C=O) groups excluding carboxylic acids is 2. The maximum Gasteiger partial charge on any atom is 0.311 e. The van der Waals surface area contributed by atoms with Crippen LogP contribution in [0.1, 0.15) is 28.6 Å². The first kappa shape index (κ1) is 20.0. The van der Waals surface area contributed by atoms with Crippen LogP contribution in [0.25, 0.3) is 5.78 Å². The third kappa shape index (κ3) is 4.02. The van der Waals surface area contributed by atoms with Gasteiger partial charge in [-0.15, -0.1) is 0 Å². The van der Waals surface area contributed by atoms with E-state index in [0.29, 0.717) is 48.9 Å². The molecule has 1 fully saturated rings. The molecular formula is C21H23N5O4. The van der Waals surface area contributed by atoms with Crippen molar-refractivity contribution >= 4 is 17.7 Å². The van der Waals surface area contributed by atoms with E-state index >= 15 is 0 Å². The van der Waals surface area contributed by atoms with Crippen LogP contribution in [0.3, 0.4) is 0 Å². The molecule has 3 heterocycles. The summed E-state index contributed by atoms with van der Waals surface area (Å²) in [5.74, 6) is -0.263. The number of fused-ring (bicyclic) bond motifs is 1. The molecule has 1 amide bonds. The first-order chi connectivity index (χ1) is 14.5. The Hall–Kier alpha value is -3.33. The van der Waals surface area contributed by atoms with E-state index in [2.05, 4.69) is 15.1 Å². The number of aryl methyl sites for hydroxylation is 2. The number of ether oxygens (including phenoxy) is 2. The third-order valence-corrected chi connectivity index (χ3v) is 5.21. The van der Waals surface area contributed by atoms with Crippen molar-refractivity contribution in [2.24, 2.45) is 0 Å². The van der Waals surface area contributed by atoms with Gasteiger partial charge in [-0.25, -0.2) is 9.50 Å². The average molecular weight is 409 g/mol. The van der Waals surface area contributed by atoms with E-state index in [0.717, 1.165) is 5.69 Å². The summed E-state index contributed by atoms with van der Waals surface area (Å²) >= 11 is 0. The molecule has 0 spiro atoms. The van der Waals surface area contributed by atoms with E-state index in [9.17, 15) is 9.59 Å². The number of rotatable bonds is 5. The lowest BCUT2D eigenvalue weighted by Crippen LogP contribution is -2.44. The highest BCUT2D eigenvalue weighted by Crippen LogP contribution is 2.23. The summed E-state index contributed by atoms with van der Waals surface area (Å²) in [6.45, 7) is 5.58. The number of nitrogens with zero attached hydrogens (tertiary/aromatic N) is 5. The van der Waals surface area contributed by atoms with Crippen molar-refractivity contribution in [2.75, 3.05) is 26.3 Å². The number of carbonyl (C=O) groups is 2. The summed E-state index contributed by atoms with van der Waals surface area (Å²) < 4.78 is 12.6. The van der Waals surface area contributed by atoms with Gasteiger partial charge in [0.2, 0.25) is 6.10 Å². The van der Waals surface area contributed by atoms with Gasteiger partial charge in [-0.2, -0.15) is 10.1 Å². The molecule has 1 aliphatic rings. The first-order valence-corrected chi connectivity index (χ1v) is 9.81. The summed E-state index contributed by atoms with van der Waals surface area (Å²) in [7, 11) is 0. The quantitative estimate of drug-likeness (QED) is 0.588. The summed E-state index contributed by atoms with van der Waals surface area (Å²) in [5.41, 5.74) is 2.80. The fourth-order valence-corrected chi connectivity index (χ4v) is 3.57. The SMILES string of the molecule is Cc1nc2ncnn2c(C)c1CC(=O)O[C@@H](C(=O)N1CCOCC1)c1ccccc1. The van der Waals surface area contributed by atoms with Gasteiger partial charge in [-0.1, -0.05) is 30.3 Å². The van der Waals surface area contributed by atoms with E-state index in [1.807, 2.05) is 32.0 Å². The topological polar surface area (TPSA) is 98.9 Å². The van der Waals surface area contributed by atoms with E-state index in [1.54, 1.807) is 21.5 Å². The zero-order chi connectivity index (χ0) is 21.1. The third-order valence-electron chi connectivity index (χ3n) is 5.21. The van der Waals surface area contributed by atoms with Crippen molar-refractivity contribution in [2.45, 2.75) is 26.4 Å². The van der Waals surface area contributed by atoms with E-state index in [-0.39, 0.29) is 12.3 Å². The lowest BCUT2D eigenvalue weighted by atomic mass is 10.1. The molecule has 9 nitrogen and oxygen atoms in total. The largest absolute Gasteiger partial charge is 0.447 e. The van der Waals surface area contributed by atoms with Crippen molar-refractivity contribution in [3.63, 3.8) is 0 Å². The Bertz CT molecular complexity index is 1060. The summed E-state index contributed by atoms with van der Waals surface area (Å²) in [6.07, 6.45) is 0.407. The second-order valence-electron chi connectivity index (χ2n) is 7.13.